The van der Waals surface area contributed by atoms with Gasteiger partial charge in [0.05, 0.1) is 0 Å². The van der Waals surface area contributed by atoms with E-state index in [9.17, 15) is 5.26 Å². The fourth-order valence-corrected chi connectivity index (χ4v) is 3.67. The summed E-state index contributed by atoms with van der Waals surface area (Å²) in [6.45, 7) is 2.18. The van der Waals surface area contributed by atoms with Crippen LogP contribution in [0, 0.1) is 11.5 Å². The average Bonchev–Trinajstić information content (AvgIpc) is 3.03. The summed E-state index contributed by atoms with van der Waals surface area (Å²) in [5, 5.41) is 9.19. The Labute approximate surface area is 142 Å². The van der Waals surface area contributed by atoms with Crippen molar-refractivity contribution in [2.45, 2.75) is 19.8 Å². The quantitative estimate of drug-likeness (QED) is 0.478. The van der Waals surface area contributed by atoms with Crippen molar-refractivity contribution >= 4 is 0 Å². The maximum absolute atomic E-state index is 9.19. The molecule has 0 fully saturated rings. The molecule has 0 amide bonds. The van der Waals surface area contributed by atoms with Crippen LogP contribution in [0.25, 0.3) is 22.3 Å². The number of hydrogen-bond acceptors (Lipinski definition) is 2. The van der Waals surface area contributed by atoms with Gasteiger partial charge in [-0.25, -0.2) is 0 Å². The topological polar surface area (TPSA) is 33.0 Å². The maximum atomic E-state index is 9.19. The Hall–Kier alpha value is -3.05. The monoisotopic (exact) mass is 311 g/mol. The van der Waals surface area contributed by atoms with Gasteiger partial charge in [0.1, 0.15) is 0 Å². The van der Waals surface area contributed by atoms with Crippen molar-refractivity contribution in [1.82, 2.24) is 0 Å². The van der Waals surface area contributed by atoms with E-state index in [4.69, 9.17) is 4.74 Å². The second kappa shape index (κ2) is 5.86. The number of fused-ring (bicyclic) bond motifs is 3. The molecule has 0 aliphatic heterocycles. The molecule has 0 bridgehead atoms. The van der Waals surface area contributed by atoms with Crippen molar-refractivity contribution in [3.8, 4) is 34.3 Å². The Bertz CT molecular complexity index is 952. The molecule has 2 nitrogen and oxygen atoms in total. The van der Waals surface area contributed by atoms with Crippen molar-refractivity contribution in [3.05, 3.63) is 77.4 Å². The summed E-state index contributed by atoms with van der Waals surface area (Å²) in [4.78, 5) is 0. The van der Waals surface area contributed by atoms with Crippen LogP contribution in [0.3, 0.4) is 0 Å². The summed E-state index contributed by atoms with van der Waals surface area (Å²) >= 11 is 0. The van der Waals surface area contributed by atoms with Gasteiger partial charge in [0.25, 0.3) is 6.26 Å². The van der Waals surface area contributed by atoms with Crippen LogP contribution in [0.5, 0.6) is 5.75 Å². The molecule has 0 unspecified atom stereocenters. The van der Waals surface area contributed by atoms with Crippen LogP contribution < -0.4 is 4.74 Å². The Morgan fingerprint density at radius 2 is 1.75 bits per heavy atom. The molecule has 0 radical (unpaired) electrons. The molecule has 24 heavy (non-hydrogen) atoms. The van der Waals surface area contributed by atoms with Crippen LogP contribution >= 0.6 is 0 Å². The zero-order valence-corrected chi connectivity index (χ0v) is 13.5. The number of nitrogens with zero attached hydrogens (tertiary/aromatic N) is 1. The van der Waals surface area contributed by atoms with E-state index >= 15 is 0 Å². The molecule has 2 heteroatoms. The van der Waals surface area contributed by atoms with Gasteiger partial charge < -0.3 is 4.74 Å². The molecule has 116 valence electrons. The van der Waals surface area contributed by atoms with Gasteiger partial charge in [-0.3, -0.25) is 0 Å². The third kappa shape index (κ3) is 2.18. The van der Waals surface area contributed by atoms with Crippen LogP contribution in [0.4, 0.5) is 0 Å². The summed E-state index contributed by atoms with van der Waals surface area (Å²) in [6, 6.07) is 20.8. The van der Waals surface area contributed by atoms with Crippen LogP contribution in [0.1, 0.15) is 23.6 Å². The first-order valence-corrected chi connectivity index (χ1v) is 8.22. The summed E-state index contributed by atoms with van der Waals surface area (Å²) < 4.78 is 5.47. The molecule has 0 spiro atoms. The first kappa shape index (κ1) is 14.5. The van der Waals surface area contributed by atoms with Crippen molar-refractivity contribution in [3.63, 3.8) is 0 Å². The molecular formula is C22H17NO. The number of hydrogen-bond donors (Lipinski definition) is 0. The molecule has 1 aliphatic rings. The summed E-state index contributed by atoms with van der Waals surface area (Å²) in [7, 11) is 0. The number of nitriles is 1. The lowest BCUT2D eigenvalue weighted by Crippen LogP contribution is -1.98. The molecule has 3 aromatic carbocycles. The largest absolute Gasteiger partial charge is 0.387 e. The lowest BCUT2D eigenvalue weighted by Gasteiger charge is -2.16. The average molecular weight is 311 g/mol. The minimum Gasteiger partial charge on any atom is -0.387 e. The standard InChI is InChI=1S/C22H17NO/c1-2-15-12-19(16-8-4-3-5-9-16)22(24-14-23)20-13-17-10-6-7-11-18(17)21(15)20/h3-12H,2,13H2,1H3. The highest BCUT2D eigenvalue weighted by Gasteiger charge is 2.27. The Morgan fingerprint density at radius 1 is 1.00 bits per heavy atom. The molecular weight excluding hydrogens is 294 g/mol. The Morgan fingerprint density at radius 3 is 2.50 bits per heavy atom. The third-order valence-electron chi connectivity index (χ3n) is 4.73. The molecule has 0 heterocycles. The van der Waals surface area contributed by atoms with E-state index in [-0.39, 0.29) is 0 Å². The molecule has 0 aromatic heterocycles. The fraction of sp³-hybridized carbons (Fsp3) is 0.136. The van der Waals surface area contributed by atoms with Crippen molar-refractivity contribution in [2.24, 2.45) is 0 Å². The van der Waals surface area contributed by atoms with Crippen molar-refractivity contribution in [1.29, 1.82) is 5.26 Å². The number of aryl methyl sites for hydroxylation is 1. The molecule has 0 saturated carbocycles. The zero-order valence-electron chi connectivity index (χ0n) is 13.5. The third-order valence-corrected chi connectivity index (χ3v) is 4.73. The summed E-state index contributed by atoms with van der Waals surface area (Å²) in [5.74, 6) is 0.701. The van der Waals surface area contributed by atoms with Gasteiger partial charge in [0.2, 0.25) is 0 Å². The normalized spacial score (nSPS) is 11.5. The predicted molar refractivity (Wildman–Crippen MR) is 95.7 cm³/mol. The van der Waals surface area contributed by atoms with Gasteiger partial charge in [-0.05, 0) is 40.3 Å². The number of rotatable bonds is 3. The first-order valence-electron chi connectivity index (χ1n) is 8.22. The predicted octanol–water partition coefficient (Wildman–Crippen LogP) is 5.35. The highest BCUT2D eigenvalue weighted by Crippen LogP contribution is 2.47. The Kier molecular flexibility index (Phi) is 3.55. The minimum absolute atomic E-state index is 0.701. The highest BCUT2D eigenvalue weighted by molar-refractivity contribution is 5.87. The minimum atomic E-state index is 0.701. The molecule has 4 rings (SSSR count). The van der Waals surface area contributed by atoms with E-state index < -0.39 is 0 Å². The fourth-order valence-electron chi connectivity index (χ4n) is 3.67. The molecule has 3 aromatic rings. The van der Waals surface area contributed by atoms with Crippen molar-refractivity contribution in [2.75, 3.05) is 0 Å². The highest BCUT2D eigenvalue weighted by atomic mass is 16.5. The van der Waals surface area contributed by atoms with E-state index in [0.717, 1.165) is 29.5 Å². The van der Waals surface area contributed by atoms with E-state index in [1.54, 1.807) is 0 Å². The molecule has 0 atom stereocenters. The second-order valence-corrected chi connectivity index (χ2v) is 6.01. The maximum Gasteiger partial charge on any atom is 0.292 e. The second-order valence-electron chi connectivity index (χ2n) is 6.01. The van der Waals surface area contributed by atoms with Gasteiger partial charge >= 0.3 is 0 Å². The van der Waals surface area contributed by atoms with Gasteiger partial charge in [-0.2, -0.15) is 0 Å². The van der Waals surface area contributed by atoms with E-state index in [2.05, 4.69) is 49.4 Å². The molecule has 0 saturated heterocycles. The van der Waals surface area contributed by atoms with E-state index in [0.29, 0.717) is 5.75 Å². The SMILES string of the molecule is CCc1cc(-c2ccccc2)c(OC#N)c2c1-c1ccccc1C2. The molecule has 0 N–H and O–H groups in total. The zero-order chi connectivity index (χ0) is 16.5. The van der Waals surface area contributed by atoms with Gasteiger partial charge in [0, 0.05) is 17.5 Å². The first-order chi connectivity index (χ1) is 11.8. The lowest BCUT2D eigenvalue weighted by atomic mass is 9.91. The molecule has 1 aliphatic carbocycles. The van der Waals surface area contributed by atoms with Crippen LogP contribution in [-0.2, 0) is 12.8 Å². The van der Waals surface area contributed by atoms with Gasteiger partial charge in [-0.15, -0.1) is 5.26 Å². The van der Waals surface area contributed by atoms with Crippen LogP contribution in [0.15, 0.2) is 60.7 Å². The Balaban J connectivity index is 2.03. The number of ether oxygens (including phenoxy) is 1. The van der Waals surface area contributed by atoms with Crippen molar-refractivity contribution < 1.29 is 4.74 Å². The van der Waals surface area contributed by atoms with Crippen LogP contribution in [-0.4, -0.2) is 0 Å². The van der Waals surface area contributed by atoms with Gasteiger partial charge in [-0.1, -0.05) is 61.5 Å². The van der Waals surface area contributed by atoms with E-state index in [1.807, 2.05) is 24.5 Å². The smallest absolute Gasteiger partial charge is 0.292 e. The number of benzene rings is 3. The summed E-state index contributed by atoms with van der Waals surface area (Å²) in [6.07, 6.45) is 3.65. The lowest BCUT2D eigenvalue weighted by molar-refractivity contribution is 0.504. The summed E-state index contributed by atoms with van der Waals surface area (Å²) in [5.41, 5.74) is 8.34. The van der Waals surface area contributed by atoms with Crippen LogP contribution in [0.2, 0.25) is 0 Å². The van der Waals surface area contributed by atoms with E-state index in [1.165, 1.54) is 22.3 Å². The van der Waals surface area contributed by atoms with Gasteiger partial charge in [0.15, 0.2) is 5.75 Å².